The van der Waals surface area contributed by atoms with E-state index in [4.69, 9.17) is 14.2 Å². The normalized spacial score (nSPS) is 14.8. The monoisotopic (exact) mass is 439 g/mol. The van der Waals surface area contributed by atoms with Crippen LogP contribution in [0.15, 0.2) is 53.3 Å². The van der Waals surface area contributed by atoms with Gasteiger partial charge >= 0.3 is 11.7 Å². The summed E-state index contributed by atoms with van der Waals surface area (Å²) in [5, 5.41) is 2.68. The van der Waals surface area contributed by atoms with E-state index in [9.17, 15) is 14.4 Å². The van der Waals surface area contributed by atoms with Gasteiger partial charge in [-0.25, -0.2) is 4.79 Å². The number of carbonyl (C=O) groups is 2. The molecule has 1 amide bonds. The first-order chi connectivity index (χ1) is 15.6. The molecule has 4 rings (SSSR count). The average molecular weight is 439 g/mol. The summed E-state index contributed by atoms with van der Waals surface area (Å²) in [5.74, 6) is 0.321. The molecule has 1 atom stereocenters. The number of nitrogens with zero attached hydrogens (tertiary/aromatic N) is 2. The molecule has 0 bridgehead atoms. The molecule has 0 radical (unpaired) electrons. The van der Waals surface area contributed by atoms with Crippen LogP contribution in [-0.2, 0) is 27.4 Å². The molecule has 168 valence electrons. The van der Waals surface area contributed by atoms with Gasteiger partial charge in [-0.3, -0.25) is 18.7 Å². The van der Waals surface area contributed by atoms with Gasteiger partial charge in [0.2, 0.25) is 0 Å². The van der Waals surface area contributed by atoms with Gasteiger partial charge in [-0.15, -0.1) is 0 Å². The third-order valence-corrected chi connectivity index (χ3v) is 5.24. The number of para-hydroxylation sites is 4. The van der Waals surface area contributed by atoms with Crippen LogP contribution in [0.3, 0.4) is 0 Å². The maximum absolute atomic E-state index is 12.6. The third-order valence-electron chi connectivity index (χ3n) is 5.24. The van der Waals surface area contributed by atoms with Crippen LogP contribution in [0.5, 0.6) is 11.5 Å². The van der Waals surface area contributed by atoms with Crippen molar-refractivity contribution in [2.75, 3.05) is 19.8 Å². The Kier molecular flexibility index (Phi) is 6.44. The predicted octanol–water partition coefficient (Wildman–Crippen LogP) is 1.71. The molecule has 32 heavy (non-hydrogen) atoms. The summed E-state index contributed by atoms with van der Waals surface area (Å²) in [5.41, 5.74) is 1.42. The standard InChI is InChI=1S/C23H25N3O6/c1-2-25-17-7-3-4-8-18(17)26(23(25)29)12-11-22(28)31-15-21(27)24-13-16-14-30-19-9-5-6-10-20(19)32-16/h3-10,16H,2,11-15H2,1H3,(H,24,27). The molecule has 1 aromatic heterocycles. The van der Waals surface area contributed by atoms with E-state index in [1.807, 2.05) is 49.4 Å². The summed E-state index contributed by atoms with van der Waals surface area (Å²) in [6.07, 6.45) is -0.339. The van der Waals surface area contributed by atoms with Crippen molar-refractivity contribution in [2.45, 2.75) is 32.5 Å². The van der Waals surface area contributed by atoms with Gasteiger partial charge in [-0.05, 0) is 31.2 Å². The molecular formula is C23H25N3O6. The Bertz CT molecular complexity index is 1180. The van der Waals surface area contributed by atoms with Crippen molar-refractivity contribution in [3.8, 4) is 11.5 Å². The second-order valence-corrected chi connectivity index (χ2v) is 7.38. The van der Waals surface area contributed by atoms with Gasteiger partial charge < -0.3 is 19.5 Å². The molecule has 1 aliphatic heterocycles. The summed E-state index contributed by atoms with van der Waals surface area (Å²) >= 11 is 0. The molecule has 0 saturated carbocycles. The number of esters is 1. The minimum atomic E-state index is -0.549. The van der Waals surface area contributed by atoms with E-state index in [1.165, 1.54) is 0 Å². The van der Waals surface area contributed by atoms with Gasteiger partial charge in [0.15, 0.2) is 18.1 Å². The van der Waals surface area contributed by atoms with E-state index >= 15 is 0 Å². The zero-order chi connectivity index (χ0) is 22.5. The largest absolute Gasteiger partial charge is 0.486 e. The Labute approximate surface area is 184 Å². The zero-order valence-electron chi connectivity index (χ0n) is 17.8. The fourth-order valence-electron chi connectivity index (χ4n) is 3.66. The van der Waals surface area contributed by atoms with Crippen molar-refractivity contribution in [1.82, 2.24) is 14.5 Å². The van der Waals surface area contributed by atoms with Crippen LogP contribution >= 0.6 is 0 Å². The number of nitrogens with one attached hydrogen (secondary N) is 1. The van der Waals surface area contributed by atoms with Gasteiger partial charge in [0.1, 0.15) is 12.7 Å². The molecule has 2 aromatic carbocycles. The first-order valence-corrected chi connectivity index (χ1v) is 10.6. The Balaban J connectivity index is 1.23. The molecule has 1 aliphatic rings. The lowest BCUT2D eigenvalue weighted by Gasteiger charge is -2.26. The van der Waals surface area contributed by atoms with Gasteiger partial charge in [0.25, 0.3) is 5.91 Å². The minimum absolute atomic E-state index is 0.0126. The first kappa shape index (κ1) is 21.5. The molecule has 0 aliphatic carbocycles. The van der Waals surface area contributed by atoms with Crippen LogP contribution in [-0.4, -0.2) is 46.9 Å². The number of imidazole rings is 1. The van der Waals surface area contributed by atoms with Crippen LogP contribution in [0.4, 0.5) is 0 Å². The maximum Gasteiger partial charge on any atom is 0.329 e. The quantitative estimate of drug-likeness (QED) is 0.537. The maximum atomic E-state index is 12.6. The van der Waals surface area contributed by atoms with Crippen LogP contribution in [0, 0.1) is 0 Å². The number of hydrogen-bond donors (Lipinski definition) is 1. The Morgan fingerprint density at radius 3 is 2.50 bits per heavy atom. The van der Waals surface area contributed by atoms with Crippen molar-refractivity contribution in [3.05, 3.63) is 59.0 Å². The van der Waals surface area contributed by atoms with Crippen molar-refractivity contribution >= 4 is 22.9 Å². The molecule has 2 heterocycles. The lowest BCUT2D eigenvalue weighted by atomic mass is 10.2. The molecule has 3 aromatic rings. The third kappa shape index (κ3) is 4.61. The Morgan fingerprint density at radius 1 is 1.06 bits per heavy atom. The number of rotatable bonds is 8. The highest BCUT2D eigenvalue weighted by Gasteiger charge is 2.21. The lowest BCUT2D eigenvalue weighted by molar-refractivity contribution is -0.148. The van der Waals surface area contributed by atoms with E-state index in [-0.39, 0.29) is 31.3 Å². The fourth-order valence-corrected chi connectivity index (χ4v) is 3.66. The van der Waals surface area contributed by atoms with Crippen LogP contribution in [0.2, 0.25) is 0 Å². The molecule has 0 saturated heterocycles. The summed E-state index contributed by atoms with van der Waals surface area (Å²) < 4.78 is 19.6. The minimum Gasteiger partial charge on any atom is -0.486 e. The molecule has 0 fully saturated rings. The number of amides is 1. The lowest BCUT2D eigenvalue weighted by Crippen LogP contribution is -2.42. The van der Waals surface area contributed by atoms with E-state index in [0.29, 0.717) is 24.7 Å². The number of aromatic nitrogens is 2. The topological polar surface area (TPSA) is 101 Å². The average Bonchev–Trinajstić information content (AvgIpc) is 3.10. The molecule has 1 unspecified atom stereocenters. The Hall–Kier alpha value is -3.75. The molecular weight excluding hydrogens is 414 g/mol. The SMILES string of the molecule is CCn1c(=O)n(CCC(=O)OCC(=O)NCC2COc3ccccc3O2)c2ccccc21. The van der Waals surface area contributed by atoms with Crippen molar-refractivity contribution in [1.29, 1.82) is 0 Å². The highest BCUT2D eigenvalue weighted by molar-refractivity contribution is 5.80. The van der Waals surface area contributed by atoms with E-state index in [0.717, 1.165) is 11.0 Å². The molecule has 9 nitrogen and oxygen atoms in total. The van der Waals surface area contributed by atoms with Gasteiger partial charge in [-0.1, -0.05) is 24.3 Å². The first-order valence-electron chi connectivity index (χ1n) is 10.6. The fraction of sp³-hybridized carbons (Fsp3) is 0.348. The van der Waals surface area contributed by atoms with Crippen LogP contribution < -0.4 is 20.5 Å². The predicted molar refractivity (Wildman–Crippen MR) is 117 cm³/mol. The van der Waals surface area contributed by atoms with E-state index in [2.05, 4.69) is 5.32 Å². The number of aryl methyl sites for hydroxylation is 2. The highest BCUT2D eigenvalue weighted by atomic mass is 16.6. The Morgan fingerprint density at radius 2 is 1.75 bits per heavy atom. The number of hydrogen-bond acceptors (Lipinski definition) is 6. The molecule has 9 heteroatoms. The number of benzene rings is 2. The molecule has 0 spiro atoms. The zero-order valence-corrected chi connectivity index (χ0v) is 17.8. The van der Waals surface area contributed by atoms with Crippen molar-refractivity contribution in [2.24, 2.45) is 0 Å². The van der Waals surface area contributed by atoms with Crippen LogP contribution in [0.1, 0.15) is 13.3 Å². The van der Waals surface area contributed by atoms with Crippen molar-refractivity contribution < 1.29 is 23.8 Å². The number of fused-ring (bicyclic) bond motifs is 2. The number of ether oxygens (including phenoxy) is 3. The summed E-state index contributed by atoms with van der Waals surface area (Å²) in [6.45, 7) is 2.77. The molecule has 1 N–H and O–H groups in total. The number of carbonyl (C=O) groups excluding carboxylic acids is 2. The second-order valence-electron chi connectivity index (χ2n) is 7.38. The second kappa shape index (κ2) is 9.59. The summed E-state index contributed by atoms with van der Waals surface area (Å²) in [6, 6.07) is 14.8. The van der Waals surface area contributed by atoms with E-state index in [1.54, 1.807) is 15.2 Å². The summed E-state index contributed by atoms with van der Waals surface area (Å²) in [7, 11) is 0. The highest BCUT2D eigenvalue weighted by Crippen LogP contribution is 2.30. The van der Waals surface area contributed by atoms with Gasteiger partial charge in [-0.2, -0.15) is 0 Å². The van der Waals surface area contributed by atoms with Gasteiger partial charge in [0, 0.05) is 13.1 Å². The smallest absolute Gasteiger partial charge is 0.329 e. The van der Waals surface area contributed by atoms with E-state index < -0.39 is 18.5 Å². The summed E-state index contributed by atoms with van der Waals surface area (Å²) in [4.78, 5) is 36.8. The van der Waals surface area contributed by atoms with Crippen molar-refractivity contribution in [3.63, 3.8) is 0 Å². The van der Waals surface area contributed by atoms with Gasteiger partial charge in [0.05, 0.1) is 24.0 Å². The van der Waals surface area contributed by atoms with Crippen LogP contribution in [0.25, 0.3) is 11.0 Å².